The Labute approximate surface area is 147 Å². The minimum absolute atomic E-state index is 0.177. The number of carbonyl (C=O) groups is 3. The van der Waals surface area contributed by atoms with Crippen LogP contribution in [-0.4, -0.2) is 24.8 Å². The van der Waals surface area contributed by atoms with E-state index in [0.717, 1.165) is 12.0 Å². The second-order valence-corrected chi connectivity index (χ2v) is 5.70. The summed E-state index contributed by atoms with van der Waals surface area (Å²) in [6.07, 6.45) is 1.65. The molecule has 0 aliphatic carbocycles. The van der Waals surface area contributed by atoms with E-state index in [4.69, 9.17) is 4.74 Å². The summed E-state index contributed by atoms with van der Waals surface area (Å²) in [5.74, 6) is -0.975. The van der Waals surface area contributed by atoms with E-state index in [2.05, 4.69) is 12.2 Å². The van der Waals surface area contributed by atoms with Crippen LogP contribution in [0.5, 0.6) is 0 Å². The van der Waals surface area contributed by atoms with Crippen LogP contribution in [0.15, 0.2) is 48.5 Å². The smallest absolute Gasteiger partial charge is 0.338 e. The Kier molecular flexibility index (Phi) is 6.46. The lowest BCUT2D eigenvalue weighted by atomic mass is 10.1. The number of carbonyl (C=O) groups excluding carboxylic acids is 3. The fourth-order valence-corrected chi connectivity index (χ4v) is 2.32. The Morgan fingerprint density at radius 1 is 1.08 bits per heavy atom. The highest BCUT2D eigenvalue weighted by Gasteiger charge is 2.13. The fraction of sp³-hybridized carbons (Fsp3) is 0.250. The molecule has 0 aliphatic heterocycles. The second-order valence-electron chi connectivity index (χ2n) is 5.70. The SMILES string of the molecule is CCc1ccc([C@H](C)NC(=O)COC(=O)c2ccc(C=O)cc2)cc1. The number of hydrogen-bond donors (Lipinski definition) is 1. The van der Waals surface area contributed by atoms with Gasteiger partial charge in [-0.05, 0) is 36.6 Å². The van der Waals surface area contributed by atoms with E-state index in [-0.39, 0.29) is 18.6 Å². The number of hydrogen-bond acceptors (Lipinski definition) is 4. The van der Waals surface area contributed by atoms with Crippen LogP contribution >= 0.6 is 0 Å². The Bertz CT molecular complexity index is 735. The van der Waals surface area contributed by atoms with Gasteiger partial charge >= 0.3 is 5.97 Å². The lowest BCUT2D eigenvalue weighted by Gasteiger charge is -2.15. The van der Waals surface area contributed by atoms with Crippen molar-refractivity contribution in [2.75, 3.05) is 6.61 Å². The van der Waals surface area contributed by atoms with Gasteiger partial charge in [-0.1, -0.05) is 43.3 Å². The third-order valence-corrected chi connectivity index (χ3v) is 3.88. The summed E-state index contributed by atoms with van der Waals surface area (Å²) in [6, 6.07) is 13.8. The van der Waals surface area contributed by atoms with Crippen molar-refractivity contribution in [2.45, 2.75) is 26.3 Å². The maximum absolute atomic E-state index is 12.0. The quantitative estimate of drug-likeness (QED) is 0.621. The molecular weight excluding hydrogens is 318 g/mol. The predicted molar refractivity (Wildman–Crippen MR) is 94.5 cm³/mol. The third kappa shape index (κ3) is 5.28. The van der Waals surface area contributed by atoms with Gasteiger partial charge in [0.1, 0.15) is 6.29 Å². The first-order chi connectivity index (χ1) is 12.0. The average Bonchev–Trinajstić information content (AvgIpc) is 2.66. The molecule has 0 bridgehead atoms. The topological polar surface area (TPSA) is 72.5 Å². The van der Waals surface area contributed by atoms with Gasteiger partial charge in [0.25, 0.3) is 5.91 Å². The Morgan fingerprint density at radius 3 is 2.28 bits per heavy atom. The van der Waals surface area contributed by atoms with Crippen LogP contribution in [-0.2, 0) is 16.0 Å². The van der Waals surface area contributed by atoms with E-state index in [0.29, 0.717) is 17.4 Å². The van der Waals surface area contributed by atoms with Gasteiger partial charge in [-0.25, -0.2) is 4.79 Å². The van der Waals surface area contributed by atoms with Crippen LogP contribution < -0.4 is 5.32 Å². The maximum atomic E-state index is 12.0. The summed E-state index contributed by atoms with van der Waals surface area (Å²) in [7, 11) is 0. The standard InChI is InChI=1S/C20H21NO4/c1-3-15-4-8-17(9-5-15)14(2)21-19(23)13-25-20(24)18-10-6-16(12-22)7-11-18/h4-12,14H,3,13H2,1-2H3,(H,21,23)/t14-/m0/s1. The number of rotatable bonds is 7. The molecule has 5 nitrogen and oxygen atoms in total. The van der Waals surface area contributed by atoms with E-state index >= 15 is 0 Å². The summed E-state index contributed by atoms with van der Waals surface area (Å²) in [5.41, 5.74) is 2.98. The number of aryl methyl sites for hydroxylation is 1. The monoisotopic (exact) mass is 339 g/mol. The van der Waals surface area contributed by atoms with E-state index in [1.165, 1.54) is 29.8 Å². The van der Waals surface area contributed by atoms with Gasteiger partial charge in [0.05, 0.1) is 11.6 Å². The minimum atomic E-state index is -0.604. The average molecular weight is 339 g/mol. The molecular formula is C20H21NO4. The molecule has 0 aliphatic rings. The van der Waals surface area contributed by atoms with Gasteiger partial charge < -0.3 is 10.1 Å². The van der Waals surface area contributed by atoms with Gasteiger partial charge in [0.2, 0.25) is 0 Å². The van der Waals surface area contributed by atoms with Crippen molar-refractivity contribution in [3.63, 3.8) is 0 Å². The number of esters is 1. The highest BCUT2D eigenvalue weighted by molar-refractivity contribution is 5.92. The fourth-order valence-electron chi connectivity index (χ4n) is 2.32. The van der Waals surface area contributed by atoms with E-state index in [9.17, 15) is 14.4 Å². The van der Waals surface area contributed by atoms with Crippen molar-refractivity contribution in [3.05, 3.63) is 70.8 Å². The summed E-state index contributed by atoms with van der Waals surface area (Å²) >= 11 is 0. The molecule has 1 atom stereocenters. The number of amides is 1. The normalized spacial score (nSPS) is 11.4. The van der Waals surface area contributed by atoms with E-state index in [1.807, 2.05) is 31.2 Å². The molecule has 0 fully saturated rings. The molecule has 0 unspecified atom stereocenters. The van der Waals surface area contributed by atoms with Crippen LogP contribution in [0, 0.1) is 0 Å². The van der Waals surface area contributed by atoms with E-state index in [1.54, 1.807) is 0 Å². The lowest BCUT2D eigenvalue weighted by molar-refractivity contribution is -0.124. The third-order valence-electron chi connectivity index (χ3n) is 3.88. The van der Waals surface area contributed by atoms with Crippen LogP contribution in [0.3, 0.4) is 0 Å². The van der Waals surface area contributed by atoms with Gasteiger partial charge in [-0.15, -0.1) is 0 Å². The van der Waals surface area contributed by atoms with Crippen LogP contribution in [0.1, 0.15) is 51.7 Å². The summed E-state index contributed by atoms with van der Waals surface area (Å²) in [4.78, 5) is 34.4. The number of aldehydes is 1. The lowest BCUT2D eigenvalue weighted by Crippen LogP contribution is -2.31. The zero-order valence-corrected chi connectivity index (χ0v) is 14.3. The molecule has 1 N–H and O–H groups in total. The highest BCUT2D eigenvalue weighted by Crippen LogP contribution is 2.13. The Hall–Kier alpha value is -2.95. The van der Waals surface area contributed by atoms with Crippen molar-refractivity contribution in [2.24, 2.45) is 0 Å². The summed E-state index contributed by atoms with van der Waals surface area (Å²) in [6.45, 7) is 3.60. The first-order valence-corrected chi connectivity index (χ1v) is 8.14. The molecule has 25 heavy (non-hydrogen) atoms. The molecule has 0 aromatic heterocycles. The van der Waals surface area contributed by atoms with Gasteiger partial charge in [-0.2, -0.15) is 0 Å². The van der Waals surface area contributed by atoms with Crippen molar-refractivity contribution in [3.8, 4) is 0 Å². The summed E-state index contributed by atoms with van der Waals surface area (Å²) < 4.78 is 5.00. The van der Waals surface area contributed by atoms with Crippen molar-refractivity contribution >= 4 is 18.2 Å². The van der Waals surface area contributed by atoms with Crippen LogP contribution in [0.4, 0.5) is 0 Å². The zero-order valence-electron chi connectivity index (χ0n) is 14.3. The maximum Gasteiger partial charge on any atom is 0.338 e. The molecule has 0 saturated heterocycles. The first kappa shape index (κ1) is 18.4. The van der Waals surface area contributed by atoms with Gasteiger partial charge in [-0.3, -0.25) is 9.59 Å². The molecule has 130 valence electrons. The molecule has 0 saturated carbocycles. The molecule has 0 spiro atoms. The Morgan fingerprint density at radius 2 is 1.72 bits per heavy atom. The number of nitrogens with one attached hydrogen (secondary N) is 1. The summed E-state index contributed by atoms with van der Waals surface area (Å²) in [5, 5.41) is 2.80. The van der Waals surface area contributed by atoms with Crippen LogP contribution in [0.25, 0.3) is 0 Å². The molecule has 5 heteroatoms. The zero-order chi connectivity index (χ0) is 18.2. The highest BCUT2D eigenvalue weighted by atomic mass is 16.5. The van der Waals surface area contributed by atoms with Crippen molar-refractivity contribution < 1.29 is 19.1 Å². The Balaban J connectivity index is 1.84. The van der Waals surface area contributed by atoms with Gasteiger partial charge in [0.15, 0.2) is 6.61 Å². The number of ether oxygens (including phenoxy) is 1. The van der Waals surface area contributed by atoms with E-state index < -0.39 is 5.97 Å². The predicted octanol–water partition coefficient (Wildman–Crippen LogP) is 3.10. The second kappa shape index (κ2) is 8.78. The van der Waals surface area contributed by atoms with Crippen LogP contribution in [0.2, 0.25) is 0 Å². The molecule has 2 rings (SSSR count). The van der Waals surface area contributed by atoms with Crippen molar-refractivity contribution in [1.29, 1.82) is 0 Å². The molecule has 0 radical (unpaired) electrons. The minimum Gasteiger partial charge on any atom is -0.452 e. The van der Waals surface area contributed by atoms with Crippen molar-refractivity contribution in [1.82, 2.24) is 5.32 Å². The number of benzene rings is 2. The first-order valence-electron chi connectivity index (χ1n) is 8.14. The molecule has 2 aromatic carbocycles. The molecule has 0 heterocycles. The molecule has 2 aromatic rings. The van der Waals surface area contributed by atoms with Gasteiger partial charge in [0, 0.05) is 5.56 Å². The molecule has 1 amide bonds. The largest absolute Gasteiger partial charge is 0.452 e.